The predicted molar refractivity (Wildman–Crippen MR) is 39.9 cm³/mol. The quantitative estimate of drug-likeness (QED) is 0.397. The summed E-state index contributed by atoms with van der Waals surface area (Å²) >= 11 is 0. The predicted octanol–water partition coefficient (Wildman–Crippen LogP) is -3.06. The first-order valence-electron chi connectivity index (χ1n) is 4.73. The maximum Gasteiger partial charge on any atom is 0.0799 e. The third kappa shape index (κ3) is 1.19. The van der Waals surface area contributed by atoms with Crippen LogP contribution in [0.1, 0.15) is 19.3 Å². The van der Waals surface area contributed by atoms with Crippen molar-refractivity contribution in [1.82, 2.24) is 0 Å². The monoisotopic (exact) mass is 173 g/mol. The lowest BCUT2D eigenvalue weighted by Crippen LogP contribution is -3.17. The molecule has 3 heterocycles. The zero-order valence-corrected chi connectivity index (χ0v) is 7.61. The summed E-state index contributed by atoms with van der Waals surface area (Å²) in [4.78, 5) is 1.93. The molecule has 3 saturated heterocycles. The van der Waals surface area contributed by atoms with Crippen LogP contribution in [0, 0.1) is 17.8 Å². The molecule has 1 N–H and O–H groups in total. The molecule has 0 aromatic carbocycles. The average molecular weight is 174 g/mol. The van der Waals surface area contributed by atoms with Crippen molar-refractivity contribution in [1.29, 1.82) is 0 Å². The van der Waals surface area contributed by atoms with Gasteiger partial charge in [-0.05, 0) is 19.3 Å². The lowest BCUT2D eigenvalue weighted by molar-refractivity contribution is -0.929. The van der Waals surface area contributed by atoms with Crippen molar-refractivity contribution in [2.45, 2.75) is 19.3 Å². The first-order chi connectivity index (χ1) is 4.90. The summed E-state index contributed by atoms with van der Waals surface area (Å²) < 4.78 is 0. The number of hydrogen-bond donors (Lipinski definition) is 1. The highest BCUT2D eigenvalue weighted by Crippen LogP contribution is 2.36. The Morgan fingerprint density at radius 3 is 1.36 bits per heavy atom. The molecule has 1 saturated carbocycles. The van der Waals surface area contributed by atoms with E-state index in [1.54, 1.807) is 19.3 Å². The topological polar surface area (TPSA) is 4.44 Å². The number of piperidine rings is 3. The molecule has 0 spiro atoms. The molecule has 4 bridgehead atoms. The van der Waals surface area contributed by atoms with Crippen LogP contribution < -0.4 is 17.3 Å². The second-order valence-electron chi connectivity index (χ2n) is 4.67. The van der Waals surface area contributed by atoms with Gasteiger partial charge < -0.3 is 17.3 Å². The summed E-state index contributed by atoms with van der Waals surface area (Å²) in [6.07, 6.45) is 4.75. The van der Waals surface area contributed by atoms with Gasteiger partial charge in [0.15, 0.2) is 0 Å². The Morgan fingerprint density at radius 1 is 0.727 bits per heavy atom. The van der Waals surface area contributed by atoms with Gasteiger partial charge >= 0.3 is 0 Å². The van der Waals surface area contributed by atoms with E-state index in [-0.39, 0.29) is 12.4 Å². The summed E-state index contributed by atoms with van der Waals surface area (Å²) in [6.45, 7) is 4.56. The van der Waals surface area contributed by atoms with Crippen LogP contribution in [0.3, 0.4) is 0 Å². The molecule has 0 aromatic rings. The van der Waals surface area contributed by atoms with Gasteiger partial charge in [-0.2, -0.15) is 0 Å². The van der Waals surface area contributed by atoms with Crippen LogP contribution >= 0.6 is 0 Å². The summed E-state index contributed by atoms with van der Waals surface area (Å²) in [7, 11) is 0. The minimum absolute atomic E-state index is 0. The maximum atomic E-state index is 1.93. The van der Waals surface area contributed by atoms with Crippen LogP contribution in [0.15, 0.2) is 0 Å². The van der Waals surface area contributed by atoms with Crippen molar-refractivity contribution in [3.8, 4) is 0 Å². The summed E-state index contributed by atoms with van der Waals surface area (Å²) in [5.74, 6) is 3.42. The second kappa shape index (κ2) is 2.63. The standard InChI is InChI=1S/C9H15N.ClH/c1-7-2-9-3-8(1)5-10(4-7)6-9;/h7-9H,1-6H2;1H. The van der Waals surface area contributed by atoms with Crippen LogP contribution in [-0.2, 0) is 0 Å². The third-order valence-electron chi connectivity index (χ3n) is 3.73. The smallest absolute Gasteiger partial charge is 0.0799 e. The van der Waals surface area contributed by atoms with Gasteiger partial charge in [-0.3, -0.25) is 0 Å². The van der Waals surface area contributed by atoms with Gasteiger partial charge in [0.1, 0.15) is 0 Å². The van der Waals surface area contributed by atoms with Gasteiger partial charge in [0.05, 0.1) is 19.6 Å². The van der Waals surface area contributed by atoms with E-state index >= 15 is 0 Å². The fourth-order valence-electron chi connectivity index (χ4n) is 3.68. The van der Waals surface area contributed by atoms with Gasteiger partial charge in [0, 0.05) is 17.8 Å². The molecule has 0 unspecified atom stereocenters. The molecule has 4 rings (SSSR count). The molecule has 1 aliphatic carbocycles. The van der Waals surface area contributed by atoms with Crippen LogP contribution in [-0.4, -0.2) is 19.6 Å². The van der Waals surface area contributed by atoms with E-state index in [1.807, 2.05) is 4.90 Å². The molecule has 64 valence electrons. The Bertz CT molecular complexity index is 101. The molecule has 0 radical (unpaired) electrons. The zero-order chi connectivity index (χ0) is 6.55. The van der Waals surface area contributed by atoms with Crippen molar-refractivity contribution >= 4 is 0 Å². The molecule has 0 atom stereocenters. The molecule has 2 heteroatoms. The molecule has 1 nitrogen and oxygen atoms in total. The fourth-order valence-corrected chi connectivity index (χ4v) is 3.68. The van der Waals surface area contributed by atoms with Crippen LogP contribution in [0.4, 0.5) is 0 Å². The highest BCUT2D eigenvalue weighted by Gasteiger charge is 2.43. The van der Waals surface area contributed by atoms with E-state index < -0.39 is 0 Å². The Kier molecular flexibility index (Phi) is 1.89. The summed E-state index contributed by atoms with van der Waals surface area (Å²) in [5.41, 5.74) is 0. The second-order valence-corrected chi connectivity index (χ2v) is 4.67. The fraction of sp³-hybridized carbons (Fsp3) is 1.00. The van der Waals surface area contributed by atoms with Crippen molar-refractivity contribution in [2.24, 2.45) is 17.8 Å². The SMILES string of the molecule is C1C2CC3CC1C[NH+](C2)C3.[Cl-]. The van der Waals surface area contributed by atoms with E-state index in [0.29, 0.717) is 0 Å². The summed E-state index contributed by atoms with van der Waals surface area (Å²) in [6, 6.07) is 0. The highest BCUT2D eigenvalue weighted by atomic mass is 35.5. The van der Waals surface area contributed by atoms with Crippen LogP contribution in [0.5, 0.6) is 0 Å². The van der Waals surface area contributed by atoms with E-state index in [4.69, 9.17) is 0 Å². The third-order valence-corrected chi connectivity index (χ3v) is 3.73. The minimum atomic E-state index is 0. The molecule has 3 aliphatic heterocycles. The zero-order valence-electron chi connectivity index (χ0n) is 6.85. The lowest BCUT2D eigenvalue weighted by Gasteiger charge is -2.48. The van der Waals surface area contributed by atoms with E-state index in [0.717, 1.165) is 17.8 Å². The lowest BCUT2D eigenvalue weighted by atomic mass is 9.68. The Labute approximate surface area is 74.6 Å². The van der Waals surface area contributed by atoms with Crippen LogP contribution in [0.25, 0.3) is 0 Å². The average Bonchev–Trinajstić information content (AvgIpc) is 1.82. The number of halogens is 1. The highest BCUT2D eigenvalue weighted by molar-refractivity contribution is 4.84. The number of nitrogens with one attached hydrogen (secondary N) is 1. The molecule has 0 amide bonds. The molecular formula is C9H16ClN. The molecular weight excluding hydrogens is 158 g/mol. The first kappa shape index (κ1) is 7.88. The minimum Gasteiger partial charge on any atom is -1.00 e. The van der Waals surface area contributed by atoms with Crippen molar-refractivity contribution in [3.05, 3.63) is 0 Å². The van der Waals surface area contributed by atoms with Crippen molar-refractivity contribution in [3.63, 3.8) is 0 Å². The maximum absolute atomic E-state index is 1.93. The number of quaternary nitrogens is 1. The summed E-state index contributed by atoms with van der Waals surface area (Å²) in [5, 5.41) is 0. The largest absolute Gasteiger partial charge is 1.00 e. The first-order valence-corrected chi connectivity index (χ1v) is 4.73. The van der Waals surface area contributed by atoms with Crippen molar-refractivity contribution < 1.29 is 17.3 Å². The van der Waals surface area contributed by atoms with Crippen molar-refractivity contribution in [2.75, 3.05) is 19.6 Å². The molecule has 11 heavy (non-hydrogen) atoms. The van der Waals surface area contributed by atoms with E-state index in [2.05, 4.69) is 0 Å². The van der Waals surface area contributed by atoms with Gasteiger partial charge in [-0.15, -0.1) is 0 Å². The van der Waals surface area contributed by atoms with Gasteiger partial charge in [-0.25, -0.2) is 0 Å². The van der Waals surface area contributed by atoms with E-state index in [1.165, 1.54) is 19.6 Å². The Balaban J connectivity index is 0.000000480. The van der Waals surface area contributed by atoms with Gasteiger partial charge in [0.2, 0.25) is 0 Å². The van der Waals surface area contributed by atoms with E-state index in [9.17, 15) is 0 Å². The molecule has 4 fully saturated rings. The van der Waals surface area contributed by atoms with Gasteiger partial charge in [-0.1, -0.05) is 0 Å². The molecule has 4 aliphatic rings. The van der Waals surface area contributed by atoms with Gasteiger partial charge in [0.25, 0.3) is 0 Å². The number of rotatable bonds is 0. The van der Waals surface area contributed by atoms with Crippen LogP contribution in [0.2, 0.25) is 0 Å². The number of hydrogen-bond acceptors (Lipinski definition) is 0. The Morgan fingerprint density at radius 2 is 1.09 bits per heavy atom. The molecule has 0 aromatic heterocycles. The normalized spacial score (nSPS) is 52.4. The Hall–Kier alpha value is 0.250.